The molecule has 0 amide bonds. The Hall–Kier alpha value is -1.37. The van der Waals surface area contributed by atoms with Crippen molar-refractivity contribution in [3.63, 3.8) is 0 Å². The molecule has 116 valence electrons. The lowest BCUT2D eigenvalue weighted by atomic mass is 9.42. The molecule has 1 aromatic carbocycles. The minimum atomic E-state index is -0.213. The summed E-state index contributed by atoms with van der Waals surface area (Å²) in [5.41, 5.74) is 5.27. The molecule has 3 unspecified atom stereocenters. The fraction of sp³-hybridized carbons (Fsp3) is 0.571. The van der Waals surface area contributed by atoms with E-state index in [0.29, 0.717) is 11.7 Å². The number of allylic oxidation sites excluding steroid dienone is 2. The highest BCUT2D eigenvalue weighted by Gasteiger charge is 2.64. The minimum Gasteiger partial charge on any atom is -0.294 e. The Morgan fingerprint density at radius 1 is 1.14 bits per heavy atom. The van der Waals surface area contributed by atoms with Crippen molar-refractivity contribution in [3.8, 4) is 0 Å². The molecular formula is C21H26O. The third-order valence-corrected chi connectivity index (χ3v) is 7.43. The van der Waals surface area contributed by atoms with Gasteiger partial charge in [-0.2, -0.15) is 0 Å². The first kappa shape index (κ1) is 14.2. The van der Waals surface area contributed by atoms with Crippen molar-refractivity contribution in [2.75, 3.05) is 0 Å². The van der Waals surface area contributed by atoms with Gasteiger partial charge in [-0.3, -0.25) is 4.79 Å². The van der Waals surface area contributed by atoms with Gasteiger partial charge in [0.25, 0.3) is 0 Å². The third-order valence-electron chi connectivity index (χ3n) is 7.43. The van der Waals surface area contributed by atoms with Gasteiger partial charge in [0.05, 0.1) is 0 Å². The van der Waals surface area contributed by atoms with Crippen molar-refractivity contribution in [2.24, 2.45) is 22.2 Å². The zero-order chi connectivity index (χ0) is 15.9. The molecule has 0 heterocycles. The van der Waals surface area contributed by atoms with Crippen molar-refractivity contribution in [1.82, 2.24) is 0 Å². The highest BCUT2D eigenvalue weighted by molar-refractivity contribution is 6.09. The van der Waals surface area contributed by atoms with Crippen LogP contribution in [0.5, 0.6) is 0 Å². The van der Waals surface area contributed by atoms with Crippen LogP contribution in [0.15, 0.2) is 29.8 Å². The number of rotatable bonds is 0. The van der Waals surface area contributed by atoms with Crippen LogP contribution in [0.2, 0.25) is 0 Å². The Balaban J connectivity index is 2.03. The van der Waals surface area contributed by atoms with E-state index in [-0.39, 0.29) is 16.2 Å². The predicted octanol–water partition coefficient (Wildman–Crippen LogP) is 5.05. The van der Waals surface area contributed by atoms with Crippen molar-refractivity contribution >= 4 is 11.4 Å². The van der Waals surface area contributed by atoms with Crippen LogP contribution in [0.4, 0.5) is 0 Å². The Kier molecular flexibility index (Phi) is 2.54. The molecule has 3 aliphatic rings. The lowest BCUT2D eigenvalue weighted by Gasteiger charge is -2.60. The van der Waals surface area contributed by atoms with Gasteiger partial charge in [-0.1, -0.05) is 52.0 Å². The second kappa shape index (κ2) is 3.93. The van der Waals surface area contributed by atoms with Crippen LogP contribution < -0.4 is 0 Å². The molecule has 1 heteroatoms. The number of carbonyl (C=O) groups excluding carboxylic acids is 1. The highest BCUT2D eigenvalue weighted by Crippen LogP contribution is 2.70. The summed E-state index contributed by atoms with van der Waals surface area (Å²) in [6.07, 6.45) is 3.28. The first-order valence-corrected chi connectivity index (χ1v) is 8.57. The molecule has 2 bridgehead atoms. The normalized spacial score (nSPS) is 38.8. The van der Waals surface area contributed by atoms with Crippen LogP contribution in [0.3, 0.4) is 0 Å². The number of ketones is 1. The Bertz CT molecular complexity index is 723. The summed E-state index contributed by atoms with van der Waals surface area (Å²) in [5, 5.41) is 0. The molecule has 4 rings (SSSR count). The van der Waals surface area contributed by atoms with E-state index in [4.69, 9.17) is 0 Å². The van der Waals surface area contributed by atoms with Gasteiger partial charge in [-0.25, -0.2) is 0 Å². The standard InChI is InChI=1S/C21H26O/c1-13-10-19(3,4)20(5)12-21(13)11-15-8-6-7-9-16(15)17(21)14(2)18(20)22/h6-9,13H,10-12H2,1-5H3. The van der Waals surface area contributed by atoms with E-state index in [9.17, 15) is 4.79 Å². The number of hydrogen-bond donors (Lipinski definition) is 0. The van der Waals surface area contributed by atoms with E-state index < -0.39 is 0 Å². The van der Waals surface area contributed by atoms with E-state index in [1.807, 2.05) is 0 Å². The van der Waals surface area contributed by atoms with Crippen molar-refractivity contribution in [3.05, 3.63) is 41.0 Å². The summed E-state index contributed by atoms with van der Waals surface area (Å²) in [5.74, 6) is 1.02. The average molecular weight is 294 g/mol. The molecule has 3 aliphatic carbocycles. The van der Waals surface area contributed by atoms with Gasteiger partial charge in [0.2, 0.25) is 0 Å². The number of hydrogen-bond acceptors (Lipinski definition) is 1. The zero-order valence-electron chi connectivity index (χ0n) is 14.4. The van der Waals surface area contributed by atoms with Gasteiger partial charge in [-0.05, 0) is 59.8 Å². The fourth-order valence-corrected chi connectivity index (χ4v) is 5.91. The van der Waals surface area contributed by atoms with Crippen LogP contribution >= 0.6 is 0 Å². The maximum atomic E-state index is 13.3. The van der Waals surface area contributed by atoms with E-state index in [1.54, 1.807) is 0 Å². The second-order valence-corrected chi connectivity index (χ2v) is 8.82. The van der Waals surface area contributed by atoms with Crippen LogP contribution in [0, 0.1) is 22.2 Å². The third kappa shape index (κ3) is 1.39. The van der Waals surface area contributed by atoms with Crippen LogP contribution in [0.25, 0.3) is 5.57 Å². The Labute approximate surface area is 133 Å². The molecule has 0 saturated heterocycles. The molecule has 0 radical (unpaired) electrons. The molecule has 1 aromatic rings. The van der Waals surface area contributed by atoms with Gasteiger partial charge in [0.15, 0.2) is 5.78 Å². The molecule has 22 heavy (non-hydrogen) atoms. The van der Waals surface area contributed by atoms with Gasteiger partial charge in [-0.15, -0.1) is 0 Å². The molecule has 3 atom stereocenters. The monoisotopic (exact) mass is 294 g/mol. The first-order chi connectivity index (χ1) is 10.2. The average Bonchev–Trinajstić information content (AvgIpc) is 2.78. The van der Waals surface area contributed by atoms with Crippen molar-refractivity contribution in [2.45, 2.75) is 53.9 Å². The molecule has 1 spiro atoms. The second-order valence-electron chi connectivity index (χ2n) is 8.82. The van der Waals surface area contributed by atoms with Crippen molar-refractivity contribution < 1.29 is 4.79 Å². The lowest BCUT2D eigenvalue weighted by Crippen LogP contribution is -2.57. The van der Waals surface area contributed by atoms with E-state index in [1.165, 1.54) is 16.7 Å². The van der Waals surface area contributed by atoms with E-state index >= 15 is 0 Å². The molecule has 0 aromatic heterocycles. The topological polar surface area (TPSA) is 17.1 Å². The smallest absolute Gasteiger partial charge is 0.165 e. The van der Waals surface area contributed by atoms with Gasteiger partial charge in [0, 0.05) is 10.8 Å². The van der Waals surface area contributed by atoms with Crippen LogP contribution in [-0.4, -0.2) is 5.78 Å². The highest BCUT2D eigenvalue weighted by atomic mass is 16.1. The van der Waals surface area contributed by atoms with Crippen LogP contribution in [-0.2, 0) is 11.2 Å². The lowest BCUT2D eigenvalue weighted by molar-refractivity contribution is -0.143. The zero-order valence-corrected chi connectivity index (χ0v) is 14.4. The molecule has 0 aliphatic heterocycles. The summed E-state index contributed by atoms with van der Waals surface area (Å²) in [6.45, 7) is 11.3. The number of benzene rings is 1. The van der Waals surface area contributed by atoms with Gasteiger partial charge < -0.3 is 0 Å². The fourth-order valence-electron chi connectivity index (χ4n) is 5.91. The largest absolute Gasteiger partial charge is 0.294 e. The summed E-state index contributed by atoms with van der Waals surface area (Å²) >= 11 is 0. The van der Waals surface area contributed by atoms with Crippen LogP contribution in [0.1, 0.15) is 58.6 Å². The number of fused-ring (bicyclic) bond motifs is 3. The SMILES string of the molecule is CC1=C2c3ccccc3CC23CC(C)(C1=O)C(C)(C)CC3C. The maximum absolute atomic E-state index is 13.3. The van der Waals surface area contributed by atoms with E-state index in [0.717, 1.165) is 24.8 Å². The quantitative estimate of drug-likeness (QED) is 0.654. The minimum absolute atomic E-state index is 0.0797. The first-order valence-electron chi connectivity index (χ1n) is 8.57. The summed E-state index contributed by atoms with van der Waals surface area (Å²) in [7, 11) is 0. The van der Waals surface area contributed by atoms with Gasteiger partial charge >= 0.3 is 0 Å². The number of carbonyl (C=O) groups is 1. The molecule has 0 N–H and O–H groups in total. The summed E-state index contributed by atoms with van der Waals surface area (Å²) in [4.78, 5) is 13.3. The van der Waals surface area contributed by atoms with Gasteiger partial charge in [0.1, 0.15) is 0 Å². The maximum Gasteiger partial charge on any atom is 0.165 e. The van der Waals surface area contributed by atoms with Crippen molar-refractivity contribution in [1.29, 1.82) is 0 Å². The number of Topliss-reactive ketones (excluding diaryl/α,β-unsaturated/α-hetero) is 1. The molecular weight excluding hydrogens is 268 g/mol. The molecule has 1 saturated carbocycles. The Morgan fingerprint density at radius 2 is 1.82 bits per heavy atom. The molecule has 1 fully saturated rings. The molecule has 1 nitrogen and oxygen atoms in total. The van der Waals surface area contributed by atoms with E-state index in [2.05, 4.69) is 58.9 Å². The summed E-state index contributed by atoms with van der Waals surface area (Å²) < 4.78 is 0. The Morgan fingerprint density at radius 3 is 2.55 bits per heavy atom. The summed E-state index contributed by atoms with van der Waals surface area (Å²) in [6, 6.07) is 8.75. The predicted molar refractivity (Wildman–Crippen MR) is 90.5 cm³/mol.